The first-order valence-corrected chi connectivity index (χ1v) is 10.0. The molecule has 4 aromatic rings. The zero-order chi connectivity index (χ0) is 20.5. The van der Waals surface area contributed by atoms with Crippen molar-refractivity contribution in [2.24, 2.45) is 0 Å². The lowest BCUT2D eigenvalue weighted by molar-refractivity contribution is 0.128. The van der Waals surface area contributed by atoms with E-state index in [0.717, 1.165) is 53.9 Å². The van der Waals surface area contributed by atoms with Gasteiger partial charge in [0.25, 0.3) is 6.43 Å². The zero-order valence-corrected chi connectivity index (χ0v) is 16.3. The van der Waals surface area contributed by atoms with Crippen molar-refractivity contribution in [3.8, 4) is 5.75 Å². The molecule has 0 amide bonds. The molecule has 0 spiro atoms. The van der Waals surface area contributed by atoms with E-state index in [9.17, 15) is 8.78 Å². The third-order valence-electron chi connectivity index (χ3n) is 5.48. The largest absolute Gasteiger partial charge is 0.490 e. The summed E-state index contributed by atoms with van der Waals surface area (Å²) in [4.78, 5) is 15.4. The van der Waals surface area contributed by atoms with Crippen LogP contribution in [-0.2, 0) is 6.54 Å². The normalized spacial score (nSPS) is 15.4. The van der Waals surface area contributed by atoms with Crippen LogP contribution in [-0.4, -0.2) is 45.1 Å². The van der Waals surface area contributed by atoms with Crippen LogP contribution in [0.5, 0.6) is 5.75 Å². The number of anilines is 1. The van der Waals surface area contributed by atoms with Crippen molar-refractivity contribution in [3.05, 3.63) is 55.0 Å². The molecule has 1 aliphatic rings. The molecule has 5 rings (SSSR count). The highest BCUT2D eigenvalue weighted by atomic mass is 19.3. The van der Waals surface area contributed by atoms with Gasteiger partial charge in [-0.05, 0) is 30.3 Å². The molecule has 8 heteroatoms. The zero-order valence-electron chi connectivity index (χ0n) is 16.3. The van der Waals surface area contributed by atoms with Crippen molar-refractivity contribution in [2.45, 2.75) is 31.9 Å². The number of aromatic nitrogens is 4. The van der Waals surface area contributed by atoms with Gasteiger partial charge in [0.2, 0.25) is 0 Å². The fraction of sp³-hybridized carbons (Fsp3) is 0.318. The van der Waals surface area contributed by atoms with Crippen LogP contribution in [0.2, 0.25) is 0 Å². The second-order valence-electron chi connectivity index (χ2n) is 7.42. The highest BCUT2D eigenvalue weighted by Gasteiger charge is 2.23. The van der Waals surface area contributed by atoms with Crippen LogP contribution in [0.15, 0.2) is 55.0 Å². The van der Waals surface area contributed by atoms with Gasteiger partial charge in [-0.3, -0.25) is 4.98 Å². The van der Waals surface area contributed by atoms with E-state index in [2.05, 4.69) is 19.9 Å². The van der Waals surface area contributed by atoms with Gasteiger partial charge in [-0.1, -0.05) is 6.07 Å². The fourth-order valence-electron chi connectivity index (χ4n) is 4.01. The van der Waals surface area contributed by atoms with Crippen molar-refractivity contribution in [2.75, 3.05) is 18.0 Å². The molecular formula is C22H21F2N5O. The Kier molecular flexibility index (Phi) is 4.90. The van der Waals surface area contributed by atoms with E-state index >= 15 is 0 Å². The van der Waals surface area contributed by atoms with Crippen LogP contribution in [0, 0.1) is 0 Å². The summed E-state index contributed by atoms with van der Waals surface area (Å²) < 4.78 is 33.4. The quantitative estimate of drug-likeness (QED) is 0.492. The Labute approximate surface area is 172 Å². The van der Waals surface area contributed by atoms with Gasteiger partial charge in [-0.15, -0.1) is 0 Å². The Balaban J connectivity index is 1.27. The molecule has 30 heavy (non-hydrogen) atoms. The molecule has 0 bridgehead atoms. The molecule has 0 N–H and O–H groups in total. The number of hydrogen-bond donors (Lipinski definition) is 0. The van der Waals surface area contributed by atoms with Crippen LogP contribution in [0.1, 0.15) is 12.8 Å². The van der Waals surface area contributed by atoms with E-state index in [0.29, 0.717) is 5.65 Å². The summed E-state index contributed by atoms with van der Waals surface area (Å²) in [6, 6.07) is 11.4. The average Bonchev–Trinajstić information content (AvgIpc) is 3.17. The summed E-state index contributed by atoms with van der Waals surface area (Å²) >= 11 is 0. The topological polar surface area (TPSA) is 56.1 Å². The van der Waals surface area contributed by atoms with Crippen LogP contribution < -0.4 is 9.64 Å². The lowest BCUT2D eigenvalue weighted by atomic mass is 10.1. The minimum absolute atomic E-state index is 0.0746. The van der Waals surface area contributed by atoms with Gasteiger partial charge in [-0.25, -0.2) is 18.7 Å². The number of hydrogen-bond acceptors (Lipinski definition) is 5. The molecule has 1 aromatic carbocycles. The van der Waals surface area contributed by atoms with Crippen LogP contribution >= 0.6 is 0 Å². The van der Waals surface area contributed by atoms with E-state index in [1.807, 2.05) is 36.4 Å². The Morgan fingerprint density at radius 3 is 2.70 bits per heavy atom. The van der Waals surface area contributed by atoms with Gasteiger partial charge in [0.05, 0.1) is 12.1 Å². The first kappa shape index (κ1) is 18.7. The fourth-order valence-corrected chi connectivity index (χ4v) is 4.01. The molecule has 6 nitrogen and oxygen atoms in total. The van der Waals surface area contributed by atoms with E-state index in [1.54, 1.807) is 23.2 Å². The lowest BCUT2D eigenvalue weighted by Gasteiger charge is -2.33. The molecule has 4 heterocycles. The summed E-state index contributed by atoms with van der Waals surface area (Å²) in [7, 11) is 0. The molecule has 0 unspecified atom stereocenters. The van der Waals surface area contributed by atoms with Gasteiger partial charge in [-0.2, -0.15) is 0 Å². The number of fused-ring (bicyclic) bond motifs is 2. The first-order valence-electron chi connectivity index (χ1n) is 10.0. The molecule has 0 saturated carbocycles. The number of rotatable bonds is 5. The van der Waals surface area contributed by atoms with E-state index in [4.69, 9.17) is 4.74 Å². The monoisotopic (exact) mass is 409 g/mol. The van der Waals surface area contributed by atoms with Gasteiger partial charge < -0.3 is 14.2 Å². The first-order chi connectivity index (χ1) is 14.7. The molecule has 0 radical (unpaired) electrons. The van der Waals surface area contributed by atoms with Crippen LogP contribution in [0.4, 0.5) is 14.6 Å². The third kappa shape index (κ3) is 3.65. The Morgan fingerprint density at radius 1 is 1.03 bits per heavy atom. The van der Waals surface area contributed by atoms with Crippen molar-refractivity contribution in [1.82, 2.24) is 19.5 Å². The van der Waals surface area contributed by atoms with Crippen molar-refractivity contribution in [3.63, 3.8) is 0 Å². The predicted molar refractivity (Wildman–Crippen MR) is 111 cm³/mol. The number of halogens is 2. The van der Waals surface area contributed by atoms with Crippen LogP contribution in [0.3, 0.4) is 0 Å². The summed E-state index contributed by atoms with van der Waals surface area (Å²) in [5.41, 5.74) is 2.20. The highest BCUT2D eigenvalue weighted by molar-refractivity contribution is 5.86. The molecular weight excluding hydrogens is 388 g/mol. The molecule has 1 fully saturated rings. The summed E-state index contributed by atoms with van der Waals surface area (Å²) in [6.45, 7) is 1.34. The lowest BCUT2D eigenvalue weighted by Crippen LogP contribution is -2.38. The number of benzene rings is 1. The number of alkyl halides is 2. The van der Waals surface area contributed by atoms with Gasteiger partial charge in [0.15, 0.2) is 5.65 Å². The maximum absolute atomic E-state index is 12.8. The average molecular weight is 409 g/mol. The molecule has 1 saturated heterocycles. The SMILES string of the molecule is FC(F)Cn1ccc2c(OC3CCN(c4ccc5nccnc5n4)CC3)cccc21. The number of nitrogens with zero attached hydrogens (tertiary/aromatic N) is 5. The predicted octanol–water partition coefficient (Wildman–Crippen LogP) is 4.29. The Bertz CT molecular complexity index is 1170. The summed E-state index contributed by atoms with van der Waals surface area (Å²) in [5, 5.41) is 0.871. The van der Waals surface area contributed by atoms with E-state index < -0.39 is 6.43 Å². The summed E-state index contributed by atoms with van der Waals surface area (Å²) in [6.07, 6.45) is 4.40. The Morgan fingerprint density at radius 2 is 1.87 bits per heavy atom. The second-order valence-corrected chi connectivity index (χ2v) is 7.42. The smallest absolute Gasteiger partial charge is 0.256 e. The molecule has 154 valence electrons. The summed E-state index contributed by atoms with van der Waals surface area (Å²) in [5.74, 6) is 1.64. The second kappa shape index (κ2) is 7.85. The van der Waals surface area contributed by atoms with Crippen molar-refractivity contribution in [1.29, 1.82) is 0 Å². The van der Waals surface area contributed by atoms with Gasteiger partial charge in [0, 0.05) is 49.9 Å². The molecule has 0 aliphatic carbocycles. The van der Waals surface area contributed by atoms with Crippen molar-refractivity contribution < 1.29 is 13.5 Å². The van der Waals surface area contributed by atoms with Crippen LogP contribution in [0.25, 0.3) is 22.1 Å². The minimum atomic E-state index is -2.39. The highest BCUT2D eigenvalue weighted by Crippen LogP contribution is 2.30. The maximum Gasteiger partial charge on any atom is 0.256 e. The number of pyridine rings is 1. The number of piperidine rings is 1. The standard InChI is InChI=1S/C22H21F2N5O/c23-20(24)14-29-13-8-16-18(29)2-1-3-19(16)30-15-6-11-28(12-7-15)21-5-4-17-22(27-21)26-10-9-25-17/h1-5,8-10,13,15,20H,6-7,11-12,14H2. The maximum atomic E-state index is 12.8. The van der Waals surface area contributed by atoms with E-state index in [1.165, 1.54) is 0 Å². The van der Waals surface area contributed by atoms with E-state index in [-0.39, 0.29) is 12.6 Å². The minimum Gasteiger partial charge on any atom is -0.490 e. The molecule has 3 aromatic heterocycles. The molecule has 0 atom stereocenters. The van der Waals surface area contributed by atoms with Gasteiger partial charge >= 0.3 is 0 Å². The van der Waals surface area contributed by atoms with Gasteiger partial charge in [0.1, 0.15) is 23.2 Å². The molecule has 1 aliphatic heterocycles. The number of ether oxygens (including phenoxy) is 1. The Hall–Kier alpha value is -3.29. The van der Waals surface area contributed by atoms with Crippen molar-refractivity contribution >= 4 is 27.9 Å². The third-order valence-corrected chi connectivity index (χ3v) is 5.48.